The van der Waals surface area contributed by atoms with E-state index in [0.717, 1.165) is 5.19 Å². The Hall–Kier alpha value is -0.442. The first kappa shape index (κ1) is 34.4. The molecule has 0 spiro atoms. The number of carbonyl (C=O) groups excluding carboxylic acids is 2. The number of rotatable bonds is 5. The van der Waals surface area contributed by atoms with Crippen LogP contribution in [0.3, 0.4) is 0 Å². The minimum atomic E-state index is -2.60. The number of Topliss-reactive ketones (excluding diaryl/α,β-unsaturated/α-hetero) is 1. The number of fused-ring (bicyclic) bond motifs is 5. The molecule has 1 aromatic carbocycles. The van der Waals surface area contributed by atoms with Crippen LogP contribution in [0.15, 0.2) is 41.5 Å². The van der Waals surface area contributed by atoms with Crippen molar-refractivity contribution in [3.05, 3.63) is 41.5 Å². The maximum Gasteiger partial charge on any atom is 0.306 e. The fourth-order valence-electron chi connectivity index (χ4n) is 8.71. The molecule has 0 amide bonds. The van der Waals surface area contributed by atoms with Gasteiger partial charge < -0.3 is 29.2 Å². The Bertz CT molecular complexity index is 1270. The summed E-state index contributed by atoms with van der Waals surface area (Å²) in [5.74, 6) is -2.35. The van der Waals surface area contributed by atoms with Crippen LogP contribution in [0.4, 0.5) is 0 Å². The summed E-state index contributed by atoms with van der Waals surface area (Å²) in [6, 6.07) is 9.95. The summed E-state index contributed by atoms with van der Waals surface area (Å²) in [4.78, 5) is 28.0. The number of ether oxygens (including phenoxy) is 2. The Labute approximate surface area is 286 Å². The van der Waals surface area contributed by atoms with E-state index in [-0.39, 0.29) is 69.3 Å². The summed E-state index contributed by atoms with van der Waals surface area (Å²) < 4.78 is 18.9. The minimum Gasteiger partial charge on any atom is -0.450 e. The second-order valence-corrected chi connectivity index (χ2v) is 17.8. The van der Waals surface area contributed by atoms with Crippen LogP contribution in [0.5, 0.6) is 0 Å². The number of benzene rings is 1. The van der Waals surface area contributed by atoms with E-state index < -0.39 is 72.6 Å². The molecule has 229 valence electrons. The molecule has 1 radical (unpaired) electrons. The molecule has 3 fully saturated rings. The summed E-state index contributed by atoms with van der Waals surface area (Å²) in [7, 11) is -2.60. The van der Waals surface area contributed by atoms with E-state index in [1.165, 1.54) is 0 Å². The molecular formula is C32H46AcO8Si. The predicted molar refractivity (Wildman–Crippen MR) is 156 cm³/mol. The molecule has 1 aromatic rings. The predicted octanol–water partition coefficient (Wildman–Crippen LogP) is 3.02. The second kappa shape index (κ2) is 11.4. The monoisotopic (exact) mass is 813 g/mol. The normalized spacial score (nSPS) is 40.9. The molecular weight excluding hydrogens is 767 g/mol. The maximum atomic E-state index is 15.2. The van der Waals surface area contributed by atoms with Crippen LogP contribution in [-0.4, -0.2) is 77.6 Å². The van der Waals surface area contributed by atoms with Gasteiger partial charge in [0.25, 0.3) is 0 Å². The molecule has 9 atom stereocenters. The molecule has 4 aliphatic rings. The van der Waals surface area contributed by atoms with Crippen molar-refractivity contribution in [3.8, 4) is 0 Å². The average molecular weight is 814 g/mol. The third-order valence-corrected chi connectivity index (χ3v) is 13.9. The molecule has 3 N–H and O–H groups in total. The average Bonchev–Trinajstić information content (AvgIpc) is 2.91. The second-order valence-electron chi connectivity index (χ2n) is 14.0. The molecule has 8 nitrogen and oxygen atoms in total. The maximum absolute atomic E-state index is 15.2. The standard InChI is InChI=1S/C32H46O8Si.Ac/c1-9-24(34)39-26-25-18(2)21(33)16-32(37,29(25,4)5)19(3)27-30(6,28(26)35)22(15-23-31(27,36)17-38-23)40-41(7,8)20-13-11-10-12-14-20;/h10-14,19,21-23,26-27,33,36-37H,9,15-17H2,1-8H3;/t19?,21?,22?,23?,26?,27?,30-,31?,32?;/m1./s1. The third kappa shape index (κ3) is 4.81. The van der Waals surface area contributed by atoms with E-state index in [9.17, 15) is 20.1 Å². The van der Waals surface area contributed by atoms with Gasteiger partial charge in [0.05, 0.1) is 35.9 Å². The third-order valence-electron chi connectivity index (χ3n) is 11.3. The van der Waals surface area contributed by atoms with Gasteiger partial charge in [0, 0.05) is 74.7 Å². The number of hydrogen-bond donors (Lipinski definition) is 3. The molecule has 5 rings (SSSR count). The number of carbonyl (C=O) groups is 2. The Morgan fingerprint density at radius 2 is 1.76 bits per heavy atom. The molecule has 1 saturated heterocycles. The van der Waals surface area contributed by atoms with Crippen LogP contribution in [0.1, 0.15) is 60.8 Å². The van der Waals surface area contributed by atoms with Gasteiger partial charge in [-0.05, 0) is 49.2 Å². The number of aliphatic hydroxyl groups excluding tert-OH is 1. The van der Waals surface area contributed by atoms with Crippen LogP contribution in [0, 0.1) is 66.7 Å². The van der Waals surface area contributed by atoms with Crippen LogP contribution < -0.4 is 5.19 Å². The topological polar surface area (TPSA) is 123 Å². The number of ketones is 1. The van der Waals surface area contributed by atoms with Crippen molar-refractivity contribution >= 4 is 25.3 Å². The van der Waals surface area contributed by atoms with Crippen molar-refractivity contribution in [2.45, 2.75) is 110 Å². The molecule has 2 bridgehead atoms. The van der Waals surface area contributed by atoms with Crippen LogP contribution in [-0.2, 0) is 23.5 Å². The van der Waals surface area contributed by atoms with Crippen molar-refractivity contribution in [1.82, 2.24) is 0 Å². The van der Waals surface area contributed by atoms with Gasteiger partial charge in [-0.25, -0.2) is 0 Å². The van der Waals surface area contributed by atoms with Crippen LogP contribution >= 0.6 is 0 Å². The number of aliphatic hydroxyl groups is 3. The summed E-state index contributed by atoms with van der Waals surface area (Å²) in [6.07, 6.45) is -3.23. The van der Waals surface area contributed by atoms with Crippen molar-refractivity contribution < 1.29 is 82.9 Å². The fraction of sp³-hybridized carbons (Fsp3) is 0.688. The molecule has 1 aliphatic heterocycles. The van der Waals surface area contributed by atoms with Gasteiger partial charge in [0.1, 0.15) is 5.60 Å². The first-order chi connectivity index (χ1) is 19.0. The Balaban J connectivity index is 0.00000405. The fourth-order valence-corrected chi connectivity index (χ4v) is 10.9. The summed E-state index contributed by atoms with van der Waals surface area (Å²) in [5.41, 5.74) is -4.35. The summed E-state index contributed by atoms with van der Waals surface area (Å²) in [5, 5.41) is 37.2. The largest absolute Gasteiger partial charge is 0.450 e. The molecule has 3 aliphatic carbocycles. The molecule has 10 heteroatoms. The van der Waals surface area contributed by atoms with E-state index >= 15 is 4.79 Å². The van der Waals surface area contributed by atoms with Gasteiger partial charge in [-0.15, -0.1) is 0 Å². The summed E-state index contributed by atoms with van der Waals surface area (Å²) in [6.45, 7) is 15.0. The smallest absolute Gasteiger partial charge is 0.306 e. The Morgan fingerprint density at radius 1 is 1.14 bits per heavy atom. The Kier molecular flexibility index (Phi) is 9.36. The molecule has 2 saturated carbocycles. The first-order valence-corrected chi connectivity index (χ1v) is 17.8. The van der Waals surface area contributed by atoms with E-state index in [4.69, 9.17) is 13.9 Å². The minimum absolute atomic E-state index is 0. The van der Waals surface area contributed by atoms with Gasteiger partial charge in [-0.2, -0.15) is 0 Å². The first-order valence-electron chi connectivity index (χ1n) is 14.9. The van der Waals surface area contributed by atoms with E-state index in [0.29, 0.717) is 17.6 Å². The van der Waals surface area contributed by atoms with E-state index in [1.54, 1.807) is 13.8 Å². The summed E-state index contributed by atoms with van der Waals surface area (Å²) >= 11 is 0. The van der Waals surface area contributed by atoms with Gasteiger partial charge in [-0.3, -0.25) is 9.59 Å². The van der Waals surface area contributed by atoms with E-state index in [2.05, 4.69) is 13.1 Å². The van der Waals surface area contributed by atoms with Crippen molar-refractivity contribution in [3.63, 3.8) is 0 Å². The van der Waals surface area contributed by atoms with Gasteiger partial charge >= 0.3 is 5.97 Å². The van der Waals surface area contributed by atoms with Gasteiger partial charge in [0.2, 0.25) is 8.32 Å². The number of esters is 1. The van der Waals surface area contributed by atoms with E-state index in [1.807, 2.05) is 58.0 Å². The van der Waals surface area contributed by atoms with Crippen molar-refractivity contribution in [1.29, 1.82) is 0 Å². The quantitative estimate of drug-likeness (QED) is 0.236. The zero-order valence-electron chi connectivity index (χ0n) is 26.1. The van der Waals surface area contributed by atoms with Crippen LogP contribution in [0.2, 0.25) is 13.1 Å². The SMILES string of the molecule is CCC(=O)OC1C(=O)[C@]2(C)C(O[Si](C)(C)c3ccccc3)CC3OCC3(O)C2C(C)C2(O)CC(O)C(C)=C1C2(C)C.[Ac]. The van der Waals surface area contributed by atoms with Crippen LogP contribution in [0.25, 0.3) is 0 Å². The van der Waals surface area contributed by atoms with Gasteiger partial charge in [-0.1, -0.05) is 58.0 Å². The molecule has 42 heavy (non-hydrogen) atoms. The molecule has 0 aromatic heterocycles. The van der Waals surface area contributed by atoms with Crippen molar-refractivity contribution in [2.75, 3.05) is 6.61 Å². The Morgan fingerprint density at radius 3 is 2.31 bits per heavy atom. The number of hydrogen-bond acceptors (Lipinski definition) is 8. The van der Waals surface area contributed by atoms with Gasteiger partial charge in [0.15, 0.2) is 11.9 Å². The zero-order valence-corrected chi connectivity index (χ0v) is 31.9. The molecule has 1 heterocycles. The van der Waals surface area contributed by atoms with Crippen molar-refractivity contribution in [2.24, 2.45) is 22.7 Å². The molecule has 8 unspecified atom stereocenters. The zero-order chi connectivity index (χ0) is 30.3.